The fraction of sp³-hybridized carbons (Fsp3) is 0.852. The van der Waals surface area contributed by atoms with Crippen LogP contribution in [0.15, 0.2) is 23.3 Å². The number of aliphatic hydroxyl groups is 3. The van der Waals surface area contributed by atoms with Crippen LogP contribution in [0.2, 0.25) is 0 Å². The molecule has 0 aromatic heterocycles. The molecule has 3 fully saturated rings. The van der Waals surface area contributed by atoms with E-state index in [0.717, 1.165) is 18.8 Å². The second-order valence-corrected chi connectivity index (χ2v) is 11.7. The van der Waals surface area contributed by atoms with Gasteiger partial charge in [0, 0.05) is 5.92 Å². The highest BCUT2D eigenvalue weighted by Gasteiger charge is 2.50. The molecule has 0 aliphatic heterocycles. The molecular formula is C27H46O3. The van der Waals surface area contributed by atoms with Gasteiger partial charge >= 0.3 is 0 Å². The van der Waals surface area contributed by atoms with Crippen molar-refractivity contribution in [2.45, 2.75) is 117 Å². The first-order valence-electron chi connectivity index (χ1n) is 12.5. The van der Waals surface area contributed by atoms with Crippen molar-refractivity contribution in [3.63, 3.8) is 0 Å². The number of aliphatic hydroxyl groups excluding tert-OH is 2. The number of fused-ring (bicyclic) bond motifs is 1. The summed E-state index contributed by atoms with van der Waals surface area (Å²) in [5.74, 6) is 2.15. The van der Waals surface area contributed by atoms with Crippen molar-refractivity contribution in [2.24, 2.45) is 29.1 Å². The number of hydrogen-bond acceptors (Lipinski definition) is 3. The van der Waals surface area contributed by atoms with Crippen LogP contribution < -0.4 is 0 Å². The third-order valence-corrected chi connectivity index (χ3v) is 8.86. The van der Waals surface area contributed by atoms with Gasteiger partial charge in [0.2, 0.25) is 0 Å². The molecule has 3 N–H and O–H groups in total. The maximum absolute atomic E-state index is 10.2. The van der Waals surface area contributed by atoms with Gasteiger partial charge in [0.15, 0.2) is 0 Å². The Morgan fingerprint density at radius 2 is 1.80 bits per heavy atom. The molecule has 3 aliphatic carbocycles. The lowest BCUT2D eigenvalue weighted by molar-refractivity contribution is 0.00406. The van der Waals surface area contributed by atoms with E-state index in [2.05, 4.69) is 26.0 Å². The van der Waals surface area contributed by atoms with Crippen LogP contribution in [0.3, 0.4) is 0 Å². The molecule has 3 aliphatic rings. The minimum atomic E-state index is -0.547. The van der Waals surface area contributed by atoms with Gasteiger partial charge in [0.05, 0.1) is 17.8 Å². The molecular weight excluding hydrogens is 372 g/mol. The normalized spacial score (nSPS) is 39.8. The molecule has 0 aromatic carbocycles. The third kappa shape index (κ3) is 5.40. The molecule has 0 spiro atoms. The number of rotatable bonds is 6. The van der Waals surface area contributed by atoms with Crippen LogP contribution >= 0.6 is 0 Å². The summed E-state index contributed by atoms with van der Waals surface area (Å²) in [6.07, 6.45) is 14.8. The highest BCUT2D eigenvalue weighted by molar-refractivity contribution is 5.26. The summed E-state index contributed by atoms with van der Waals surface area (Å²) in [5.41, 5.74) is 2.65. The van der Waals surface area contributed by atoms with Crippen molar-refractivity contribution in [3.05, 3.63) is 23.3 Å². The van der Waals surface area contributed by atoms with Crippen molar-refractivity contribution in [2.75, 3.05) is 0 Å². The van der Waals surface area contributed by atoms with Crippen LogP contribution in [-0.2, 0) is 0 Å². The summed E-state index contributed by atoms with van der Waals surface area (Å²) in [4.78, 5) is 0. The first kappa shape index (κ1) is 24.0. The summed E-state index contributed by atoms with van der Waals surface area (Å²) in [5, 5.41) is 30.5. The highest BCUT2D eigenvalue weighted by Crippen LogP contribution is 2.60. The average molecular weight is 419 g/mol. The Bertz CT molecular complexity index is 629. The average Bonchev–Trinajstić information content (AvgIpc) is 3.00. The highest BCUT2D eigenvalue weighted by atomic mass is 16.3. The van der Waals surface area contributed by atoms with E-state index in [-0.39, 0.29) is 5.92 Å². The van der Waals surface area contributed by atoms with E-state index < -0.39 is 17.8 Å². The van der Waals surface area contributed by atoms with Gasteiger partial charge in [-0.15, -0.1) is 0 Å². The zero-order chi connectivity index (χ0) is 22.1. The summed E-state index contributed by atoms with van der Waals surface area (Å²) in [6, 6.07) is 0. The van der Waals surface area contributed by atoms with Crippen molar-refractivity contribution < 1.29 is 15.3 Å². The maximum atomic E-state index is 10.2. The van der Waals surface area contributed by atoms with Crippen LogP contribution in [0.1, 0.15) is 98.8 Å². The predicted octanol–water partition coefficient (Wildman–Crippen LogP) is 5.78. The Labute approximate surface area is 184 Å². The molecule has 30 heavy (non-hydrogen) atoms. The Balaban J connectivity index is 1.67. The Morgan fingerprint density at radius 3 is 2.43 bits per heavy atom. The van der Waals surface area contributed by atoms with Crippen LogP contribution in [0.5, 0.6) is 0 Å². The van der Waals surface area contributed by atoms with E-state index in [0.29, 0.717) is 30.1 Å². The van der Waals surface area contributed by atoms with Gasteiger partial charge in [0.25, 0.3) is 0 Å². The molecule has 6 atom stereocenters. The Hall–Kier alpha value is -0.640. The van der Waals surface area contributed by atoms with E-state index in [1.807, 2.05) is 20.8 Å². The van der Waals surface area contributed by atoms with Crippen molar-refractivity contribution in [1.82, 2.24) is 0 Å². The van der Waals surface area contributed by atoms with Gasteiger partial charge in [-0.25, -0.2) is 0 Å². The van der Waals surface area contributed by atoms with Gasteiger partial charge in [0.1, 0.15) is 0 Å². The van der Waals surface area contributed by atoms with E-state index in [1.165, 1.54) is 44.1 Å². The molecule has 3 nitrogen and oxygen atoms in total. The van der Waals surface area contributed by atoms with Crippen molar-refractivity contribution >= 4 is 0 Å². The molecule has 0 bridgehead atoms. The Kier molecular flexibility index (Phi) is 7.58. The molecule has 172 valence electrons. The fourth-order valence-corrected chi connectivity index (χ4v) is 6.88. The third-order valence-electron chi connectivity index (χ3n) is 8.86. The van der Waals surface area contributed by atoms with E-state index in [4.69, 9.17) is 0 Å². The van der Waals surface area contributed by atoms with Crippen LogP contribution in [0, 0.1) is 29.1 Å². The first-order valence-corrected chi connectivity index (χ1v) is 12.5. The summed E-state index contributed by atoms with van der Waals surface area (Å²) < 4.78 is 0. The quantitative estimate of drug-likeness (QED) is 0.512. The molecule has 0 aromatic rings. The molecule has 0 saturated heterocycles. The molecule has 0 radical (unpaired) electrons. The van der Waals surface area contributed by atoms with Gasteiger partial charge in [-0.05, 0) is 88.4 Å². The SMILES string of the molecule is CC1[C@H](O)CC(=C/C=C2\CCC[C@@]3(C)[C@@H]2CC[C@@H]3[C@H](C)CCCC(C)(C)O)C[C@H]1O. The zero-order valence-electron chi connectivity index (χ0n) is 20.0. The predicted molar refractivity (Wildman–Crippen MR) is 124 cm³/mol. The molecule has 3 saturated carbocycles. The second-order valence-electron chi connectivity index (χ2n) is 11.7. The maximum Gasteiger partial charge on any atom is 0.0627 e. The van der Waals surface area contributed by atoms with E-state index >= 15 is 0 Å². The van der Waals surface area contributed by atoms with Crippen LogP contribution in [0.4, 0.5) is 0 Å². The van der Waals surface area contributed by atoms with Crippen molar-refractivity contribution in [1.29, 1.82) is 0 Å². The number of hydrogen-bond donors (Lipinski definition) is 3. The van der Waals surface area contributed by atoms with Gasteiger partial charge in [-0.3, -0.25) is 0 Å². The summed E-state index contributed by atoms with van der Waals surface area (Å²) in [6.45, 7) is 10.8. The van der Waals surface area contributed by atoms with Crippen molar-refractivity contribution in [3.8, 4) is 0 Å². The summed E-state index contributed by atoms with van der Waals surface area (Å²) >= 11 is 0. The lowest BCUT2D eigenvalue weighted by Crippen LogP contribution is -2.36. The van der Waals surface area contributed by atoms with Gasteiger partial charge in [-0.1, -0.05) is 56.9 Å². The molecule has 0 heterocycles. The first-order chi connectivity index (χ1) is 14.0. The lowest BCUT2D eigenvalue weighted by Gasteiger charge is -2.44. The van der Waals surface area contributed by atoms with Crippen LogP contribution in [-0.4, -0.2) is 33.1 Å². The zero-order valence-corrected chi connectivity index (χ0v) is 20.0. The Morgan fingerprint density at radius 1 is 1.13 bits per heavy atom. The fourth-order valence-electron chi connectivity index (χ4n) is 6.88. The largest absolute Gasteiger partial charge is 0.392 e. The van der Waals surface area contributed by atoms with Gasteiger partial charge < -0.3 is 15.3 Å². The van der Waals surface area contributed by atoms with Crippen LogP contribution in [0.25, 0.3) is 0 Å². The van der Waals surface area contributed by atoms with E-state index in [1.54, 1.807) is 5.57 Å². The van der Waals surface area contributed by atoms with E-state index in [9.17, 15) is 15.3 Å². The molecule has 3 heteroatoms. The molecule has 0 unspecified atom stereocenters. The monoisotopic (exact) mass is 418 g/mol. The standard InChI is InChI=1S/C27H46O3/c1-18(8-6-14-26(3,4)30)22-12-13-23-21(9-7-15-27(22,23)5)11-10-20-16-24(28)19(2)25(29)17-20/h10-11,18-19,22-25,28-30H,6-9,12-17H2,1-5H3/b20-10?,21-11+/t18-,19?,22-,23-,24-,25-,27-/m1/s1. The lowest BCUT2D eigenvalue weighted by atomic mass is 9.60. The summed E-state index contributed by atoms with van der Waals surface area (Å²) in [7, 11) is 0. The minimum absolute atomic E-state index is 0.0266. The topological polar surface area (TPSA) is 60.7 Å². The minimum Gasteiger partial charge on any atom is -0.392 e. The molecule has 3 rings (SSSR count). The number of allylic oxidation sites excluding steroid dienone is 3. The van der Waals surface area contributed by atoms with Gasteiger partial charge in [-0.2, -0.15) is 0 Å². The molecule has 0 amide bonds. The second kappa shape index (κ2) is 9.46. The smallest absolute Gasteiger partial charge is 0.0627 e.